The first-order valence-corrected chi connectivity index (χ1v) is 9.54. The summed E-state index contributed by atoms with van der Waals surface area (Å²) in [5.41, 5.74) is 3.43. The molecule has 1 heterocycles. The van der Waals surface area contributed by atoms with Gasteiger partial charge in [0.2, 0.25) is 0 Å². The molecule has 0 bridgehead atoms. The van der Waals surface area contributed by atoms with E-state index in [1.54, 1.807) is 24.3 Å². The summed E-state index contributed by atoms with van der Waals surface area (Å²) in [6, 6.07) is 20.6. The van der Waals surface area contributed by atoms with Crippen LogP contribution in [0.4, 0.5) is 0 Å². The first-order chi connectivity index (χ1) is 14.5. The van der Waals surface area contributed by atoms with Crippen LogP contribution in [-0.4, -0.2) is 22.6 Å². The van der Waals surface area contributed by atoms with Gasteiger partial charge in [0, 0.05) is 13.1 Å². The third-order valence-electron chi connectivity index (χ3n) is 4.82. The molecule has 6 nitrogen and oxygen atoms in total. The van der Waals surface area contributed by atoms with Gasteiger partial charge in [-0.15, -0.1) is 0 Å². The van der Waals surface area contributed by atoms with E-state index in [-0.39, 0.29) is 6.61 Å². The van der Waals surface area contributed by atoms with Crippen molar-refractivity contribution >= 4 is 17.0 Å². The van der Waals surface area contributed by atoms with Crippen LogP contribution in [0.15, 0.2) is 66.7 Å². The third kappa shape index (κ3) is 4.12. The summed E-state index contributed by atoms with van der Waals surface area (Å²) >= 11 is 0. The average Bonchev–Trinajstić information content (AvgIpc) is 3.08. The number of nitrogens with zero attached hydrogens (tertiary/aromatic N) is 2. The van der Waals surface area contributed by atoms with Crippen molar-refractivity contribution in [2.75, 3.05) is 7.11 Å². The molecule has 4 rings (SSSR count). The van der Waals surface area contributed by atoms with E-state index in [1.807, 2.05) is 61.0 Å². The number of benzene rings is 3. The van der Waals surface area contributed by atoms with Crippen LogP contribution in [0.1, 0.15) is 21.7 Å². The molecule has 1 aromatic heterocycles. The summed E-state index contributed by atoms with van der Waals surface area (Å²) in [5, 5.41) is 0. The number of fused-ring (bicyclic) bond motifs is 1. The lowest BCUT2D eigenvalue weighted by Crippen LogP contribution is -2.05. The van der Waals surface area contributed by atoms with Crippen molar-refractivity contribution in [3.8, 4) is 17.2 Å². The van der Waals surface area contributed by atoms with Gasteiger partial charge < -0.3 is 18.8 Å². The van der Waals surface area contributed by atoms with Crippen molar-refractivity contribution in [2.24, 2.45) is 7.05 Å². The van der Waals surface area contributed by atoms with Gasteiger partial charge in [0.25, 0.3) is 0 Å². The largest absolute Gasteiger partial charge is 0.486 e. The van der Waals surface area contributed by atoms with Crippen molar-refractivity contribution in [2.45, 2.75) is 13.5 Å². The first kappa shape index (κ1) is 19.5. The van der Waals surface area contributed by atoms with E-state index in [4.69, 9.17) is 14.2 Å². The maximum absolute atomic E-state index is 11.7. The number of esters is 1. The van der Waals surface area contributed by atoms with E-state index in [0.29, 0.717) is 11.3 Å². The maximum atomic E-state index is 11.7. The summed E-state index contributed by atoms with van der Waals surface area (Å²) in [5.74, 6) is 2.47. The number of aromatic nitrogens is 2. The minimum Gasteiger partial charge on any atom is -0.486 e. The normalized spacial score (nSPS) is 10.8. The summed E-state index contributed by atoms with van der Waals surface area (Å²) in [7, 11) is 3.29. The minimum atomic E-state index is -0.399. The second-order valence-electron chi connectivity index (χ2n) is 6.96. The lowest BCUT2D eigenvalue weighted by atomic mass is 10.2. The maximum Gasteiger partial charge on any atom is 0.337 e. The summed E-state index contributed by atoms with van der Waals surface area (Å²) in [4.78, 5) is 16.3. The molecule has 0 spiro atoms. The molecule has 0 atom stereocenters. The molecular formula is C24H22N2O4. The number of hydrogen-bond acceptors (Lipinski definition) is 5. The van der Waals surface area contributed by atoms with Gasteiger partial charge in [-0.3, -0.25) is 0 Å². The Labute approximate surface area is 174 Å². The number of ether oxygens (including phenoxy) is 3. The Morgan fingerprint density at radius 1 is 0.967 bits per heavy atom. The van der Waals surface area contributed by atoms with Crippen LogP contribution in [0, 0.1) is 6.92 Å². The van der Waals surface area contributed by atoms with E-state index in [9.17, 15) is 4.79 Å². The number of rotatable bonds is 6. The highest BCUT2D eigenvalue weighted by Crippen LogP contribution is 2.26. The van der Waals surface area contributed by atoms with Gasteiger partial charge in [-0.2, -0.15) is 0 Å². The SMILES string of the molecule is COC(=O)c1cccc(OCc2nc3ccc(Oc4ccc(C)cc4)cc3n2C)c1. The van der Waals surface area contributed by atoms with Crippen LogP contribution < -0.4 is 9.47 Å². The molecule has 0 amide bonds. The Balaban J connectivity index is 1.52. The van der Waals surface area contributed by atoms with E-state index in [1.165, 1.54) is 12.7 Å². The predicted molar refractivity (Wildman–Crippen MR) is 114 cm³/mol. The van der Waals surface area contributed by atoms with Crippen molar-refractivity contribution < 1.29 is 19.0 Å². The number of methoxy groups -OCH3 is 1. The van der Waals surface area contributed by atoms with Crippen LogP contribution in [0.2, 0.25) is 0 Å². The molecule has 0 fully saturated rings. The van der Waals surface area contributed by atoms with Crippen LogP contribution in [-0.2, 0) is 18.4 Å². The molecule has 0 N–H and O–H groups in total. The van der Waals surface area contributed by atoms with Gasteiger partial charge in [-0.25, -0.2) is 9.78 Å². The second-order valence-corrected chi connectivity index (χ2v) is 6.96. The third-order valence-corrected chi connectivity index (χ3v) is 4.82. The zero-order chi connectivity index (χ0) is 21.1. The van der Waals surface area contributed by atoms with Gasteiger partial charge >= 0.3 is 5.97 Å². The number of aryl methyl sites for hydroxylation is 2. The zero-order valence-electron chi connectivity index (χ0n) is 17.1. The lowest BCUT2D eigenvalue weighted by Gasteiger charge is -2.08. The van der Waals surface area contributed by atoms with Gasteiger partial charge in [-0.05, 0) is 49.4 Å². The Morgan fingerprint density at radius 2 is 1.73 bits per heavy atom. The first-order valence-electron chi connectivity index (χ1n) is 9.54. The highest BCUT2D eigenvalue weighted by molar-refractivity contribution is 5.89. The molecule has 0 aliphatic carbocycles. The Kier molecular flexibility index (Phi) is 5.39. The summed E-state index contributed by atoms with van der Waals surface area (Å²) < 4.78 is 18.5. The Bertz CT molecular complexity index is 1200. The fourth-order valence-electron chi connectivity index (χ4n) is 3.13. The molecule has 4 aromatic rings. The van der Waals surface area contributed by atoms with Crippen LogP contribution >= 0.6 is 0 Å². The van der Waals surface area contributed by atoms with E-state index in [0.717, 1.165) is 28.4 Å². The van der Waals surface area contributed by atoms with Crippen molar-refractivity contribution in [1.29, 1.82) is 0 Å². The van der Waals surface area contributed by atoms with Crippen molar-refractivity contribution in [1.82, 2.24) is 9.55 Å². The van der Waals surface area contributed by atoms with Crippen LogP contribution in [0.5, 0.6) is 17.2 Å². The molecule has 152 valence electrons. The average molecular weight is 402 g/mol. The highest BCUT2D eigenvalue weighted by Gasteiger charge is 2.11. The molecule has 0 aliphatic rings. The smallest absolute Gasteiger partial charge is 0.337 e. The molecule has 0 aliphatic heterocycles. The summed E-state index contributed by atoms with van der Waals surface area (Å²) in [6.45, 7) is 2.31. The minimum absolute atomic E-state index is 0.268. The number of carbonyl (C=O) groups excluding carboxylic acids is 1. The Morgan fingerprint density at radius 3 is 2.50 bits per heavy atom. The van der Waals surface area contributed by atoms with Gasteiger partial charge in [-0.1, -0.05) is 23.8 Å². The topological polar surface area (TPSA) is 62.6 Å². The van der Waals surface area contributed by atoms with E-state index in [2.05, 4.69) is 4.98 Å². The summed E-state index contributed by atoms with van der Waals surface area (Å²) in [6.07, 6.45) is 0. The molecule has 0 saturated heterocycles. The fraction of sp³-hybridized carbons (Fsp3) is 0.167. The van der Waals surface area contributed by atoms with E-state index >= 15 is 0 Å². The zero-order valence-corrected chi connectivity index (χ0v) is 17.1. The highest BCUT2D eigenvalue weighted by atomic mass is 16.5. The van der Waals surface area contributed by atoms with Gasteiger partial charge in [0.05, 0.1) is 23.7 Å². The number of hydrogen-bond donors (Lipinski definition) is 0. The standard InChI is InChI=1S/C24H22N2O4/c1-16-7-9-18(10-8-16)30-20-11-12-21-22(14-20)26(2)23(25-21)15-29-19-6-4-5-17(13-19)24(27)28-3/h4-14H,15H2,1-3H3. The molecule has 0 saturated carbocycles. The molecular weight excluding hydrogens is 380 g/mol. The molecule has 6 heteroatoms. The molecule has 0 unspecified atom stereocenters. The van der Waals surface area contributed by atoms with Crippen molar-refractivity contribution in [3.05, 3.63) is 83.7 Å². The van der Waals surface area contributed by atoms with Gasteiger partial charge in [0.15, 0.2) is 0 Å². The molecule has 3 aromatic carbocycles. The van der Waals surface area contributed by atoms with Crippen LogP contribution in [0.3, 0.4) is 0 Å². The van der Waals surface area contributed by atoms with E-state index < -0.39 is 5.97 Å². The number of imidazole rings is 1. The fourth-order valence-corrected chi connectivity index (χ4v) is 3.13. The number of carbonyl (C=O) groups is 1. The second kappa shape index (κ2) is 8.29. The van der Waals surface area contributed by atoms with Crippen molar-refractivity contribution in [3.63, 3.8) is 0 Å². The lowest BCUT2D eigenvalue weighted by molar-refractivity contribution is 0.0600. The molecule has 30 heavy (non-hydrogen) atoms. The van der Waals surface area contributed by atoms with Crippen LogP contribution in [0.25, 0.3) is 11.0 Å². The molecule has 0 radical (unpaired) electrons. The van der Waals surface area contributed by atoms with Gasteiger partial charge in [0.1, 0.15) is 29.7 Å². The monoisotopic (exact) mass is 402 g/mol. The predicted octanol–water partition coefficient (Wildman–Crippen LogP) is 5.04. The Hall–Kier alpha value is -3.80. The quantitative estimate of drug-likeness (QED) is 0.423.